The lowest BCUT2D eigenvalue weighted by Crippen LogP contribution is -2.03. The second-order valence-electron chi connectivity index (χ2n) is 7.73. The Kier molecular flexibility index (Phi) is 7.19. The van der Waals surface area contributed by atoms with Crippen LogP contribution in [0.1, 0.15) is 18.1 Å². The van der Waals surface area contributed by atoms with Gasteiger partial charge in [-0.3, -0.25) is 0 Å². The summed E-state index contributed by atoms with van der Waals surface area (Å²) in [4.78, 5) is 11.8. The first-order chi connectivity index (χ1) is 16.5. The van der Waals surface area contributed by atoms with Crippen molar-refractivity contribution in [1.29, 1.82) is 0 Å². The number of carbonyl (C=O) groups excluding carboxylic acids is 1. The Balaban J connectivity index is 1.76. The van der Waals surface area contributed by atoms with Gasteiger partial charge in [0.15, 0.2) is 0 Å². The van der Waals surface area contributed by atoms with Crippen LogP contribution in [0, 0.1) is 6.92 Å². The van der Waals surface area contributed by atoms with Gasteiger partial charge in [-0.2, -0.15) is 0 Å². The molecule has 0 amide bonds. The maximum absolute atomic E-state index is 11.8. The van der Waals surface area contributed by atoms with Gasteiger partial charge in [0.2, 0.25) is 0 Å². The zero-order chi connectivity index (χ0) is 24.1. The van der Waals surface area contributed by atoms with E-state index < -0.39 is 5.97 Å². The topological polar surface area (TPSA) is 44.8 Å². The number of carbonyl (C=O) groups is 1. The van der Waals surface area contributed by atoms with E-state index in [4.69, 9.17) is 25.8 Å². The summed E-state index contributed by atoms with van der Waals surface area (Å²) in [5.41, 5.74) is 3.98. The molecule has 0 saturated heterocycles. The van der Waals surface area contributed by atoms with Crippen molar-refractivity contribution >= 4 is 34.4 Å². The van der Waals surface area contributed by atoms with Gasteiger partial charge < -0.3 is 14.2 Å². The maximum Gasteiger partial charge on any atom is 0.349 e. The Hall–Kier alpha value is -3.76. The molecule has 4 aromatic carbocycles. The fourth-order valence-electron chi connectivity index (χ4n) is 3.84. The predicted octanol–water partition coefficient (Wildman–Crippen LogP) is 7.76. The van der Waals surface area contributed by atoms with E-state index >= 15 is 0 Å². The van der Waals surface area contributed by atoms with Crippen molar-refractivity contribution in [2.24, 2.45) is 0 Å². The number of rotatable bonds is 7. The molecule has 5 heteroatoms. The Morgan fingerprint density at radius 3 is 2.32 bits per heavy atom. The molecule has 0 saturated carbocycles. The van der Waals surface area contributed by atoms with Gasteiger partial charge in [0, 0.05) is 10.9 Å². The molecule has 0 fully saturated rings. The number of aryl methyl sites for hydroxylation is 1. The van der Waals surface area contributed by atoms with E-state index in [-0.39, 0.29) is 11.6 Å². The van der Waals surface area contributed by atoms with Crippen molar-refractivity contribution in [3.8, 4) is 28.4 Å². The van der Waals surface area contributed by atoms with Crippen molar-refractivity contribution in [3.05, 3.63) is 95.0 Å². The van der Waals surface area contributed by atoms with E-state index in [1.54, 1.807) is 20.1 Å². The molecule has 0 radical (unpaired) electrons. The van der Waals surface area contributed by atoms with Crippen LogP contribution in [0.3, 0.4) is 0 Å². The highest BCUT2D eigenvalue weighted by atomic mass is 35.5. The van der Waals surface area contributed by atoms with Gasteiger partial charge in [-0.15, -0.1) is 0 Å². The smallest absolute Gasteiger partial charge is 0.349 e. The van der Waals surface area contributed by atoms with E-state index in [2.05, 4.69) is 25.1 Å². The summed E-state index contributed by atoms with van der Waals surface area (Å²) in [5, 5.41) is 2.05. The standard InChI is InChI=1S/C29H25ClO4/c1-4-33-29(31)26(30)17-20-10-12-23(13-11-20)34-28-25-15-14-24(32-3)18-22(25)16-19(2)27(28)21-8-6-5-7-9-21/h5-18H,4H2,1-3H3. The van der Waals surface area contributed by atoms with Crippen molar-refractivity contribution in [1.82, 2.24) is 0 Å². The minimum absolute atomic E-state index is 0.0282. The molecule has 172 valence electrons. The summed E-state index contributed by atoms with van der Waals surface area (Å²) < 4.78 is 16.8. The quantitative estimate of drug-likeness (QED) is 0.203. The van der Waals surface area contributed by atoms with Gasteiger partial charge >= 0.3 is 5.97 Å². The lowest BCUT2D eigenvalue weighted by atomic mass is 9.94. The van der Waals surface area contributed by atoms with Crippen LogP contribution in [0.4, 0.5) is 0 Å². The van der Waals surface area contributed by atoms with Crippen LogP contribution in [0.25, 0.3) is 28.0 Å². The SMILES string of the molecule is CCOC(=O)C(Cl)=Cc1ccc(Oc2c(-c3ccccc3)c(C)cc3cc(OC)ccc23)cc1. The first-order valence-corrected chi connectivity index (χ1v) is 11.4. The second-order valence-corrected chi connectivity index (χ2v) is 8.14. The van der Waals surface area contributed by atoms with Gasteiger partial charge in [-0.25, -0.2) is 4.79 Å². The maximum atomic E-state index is 11.8. The number of halogens is 1. The zero-order valence-corrected chi connectivity index (χ0v) is 20.1. The average Bonchev–Trinajstić information content (AvgIpc) is 2.85. The Morgan fingerprint density at radius 2 is 1.65 bits per heavy atom. The molecule has 34 heavy (non-hydrogen) atoms. The van der Waals surface area contributed by atoms with E-state index in [9.17, 15) is 4.79 Å². The highest BCUT2D eigenvalue weighted by Gasteiger charge is 2.16. The highest BCUT2D eigenvalue weighted by molar-refractivity contribution is 6.43. The summed E-state index contributed by atoms with van der Waals surface area (Å²) in [7, 11) is 1.66. The Labute approximate surface area is 204 Å². The summed E-state index contributed by atoms with van der Waals surface area (Å²) in [6.45, 7) is 4.10. The monoisotopic (exact) mass is 472 g/mol. The number of esters is 1. The fraction of sp³-hybridized carbons (Fsp3) is 0.138. The number of hydrogen-bond donors (Lipinski definition) is 0. The molecule has 0 heterocycles. The fourth-order valence-corrected chi connectivity index (χ4v) is 4.02. The molecular weight excluding hydrogens is 448 g/mol. The third kappa shape index (κ3) is 5.08. The van der Waals surface area contributed by atoms with Crippen molar-refractivity contribution in [2.75, 3.05) is 13.7 Å². The molecule has 0 unspecified atom stereocenters. The molecule has 0 aliphatic rings. The molecule has 4 aromatic rings. The van der Waals surface area contributed by atoms with Gasteiger partial charge in [0.25, 0.3) is 0 Å². The van der Waals surface area contributed by atoms with Crippen molar-refractivity contribution < 1.29 is 19.0 Å². The molecular formula is C29H25ClO4. The number of methoxy groups -OCH3 is 1. The van der Waals surface area contributed by atoms with E-state index in [0.717, 1.165) is 44.5 Å². The first-order valence-electron chi connectivity index (χ1n) is 11.0. The van der Waals surface area contributed by atoms with Crippen LogP contribution >= 0.6 is 11.6 Å². The zero-order valence-electron chi connectivity index (χ0n) is 19.3. The van der Waals surface area contributed by atoms with Crippen LogP contribution < -0.4 is 9.47 Å². The first kappa shape index (κ1) is 23.4. The molecule has 0 aliphatic carbocycles. The Morgan fingerprint density at radius 1 is 0.941 bits per heavy atom. The van der Waals surface area contributed by atoms with Crippen LogP contribution in [0.5, 0.6) is 17.2 Å². The van der Waals surface area contributed by atoms with E-state index in [1.807, 2.05) is 60.7 Å². The summed E-state index contributed by atoms with van der Waals surface area (Å²) in [6.07, 6.45) is 1.58. The molecule has 0 atom stereocenters. The summed E-state index contributed by atoms with van der Waals surface area (Å²) >= 11 is 6.06. The number of ether oxygens (including phenoxy) is 3. The van der Waals surface area contributed by atoms with Crippen LogP contribution in [-0.2, 0) is 9.53 Å². The van der Waals surface area contributed by atoms with Crippen LogP contribution in [-0.4, -0.2) is 19.7 Å². The van der Waals surface area contributed by atoms with Gasteiger partial charge in [-0.05, 0) is 72.3 Å². The van der Waals surface area contributed by atoms with Gasteiger partial charge in [0.05, 0.1) is 13.7 Å². The summed E-state index contributed by atoms with van der Waals surface area (Å²) in [6, 6.07) is 25.7. The summed E-state index contributed by atoms with van der Waals surface area (Å²) in [5.74, 6) is 1.69. The lowest BCUT2D eigenvalue weighted by Gasteiger charge is -2.18. The number of fused-ring (bicyclic) bond motifs is 1. The molecule has 4 rings (SSSR count). The minimum atomic E-state index is -0.543. The Bertz CT molecular complexity index is 1340. The van der Waals surface area contributed by atoms with Crippen LogP contribution in [0.15, 0.2) is 83.9 Å². The molecule has 0 aromatic heterocycles. The van der Waals surface area contributed by atoms with Crippen molar-refractivity contribution in [2.45, 2.75) is 13.8 Å². The predicted molar refractivity (Wildman–Crippen MR) is 138 cm³/mol. The minimum Gasteiger partial charge on any atom is -0.497 e. The normalized spacial score (nSPS) is 11.4. The van der Waals surface area contributed by atoms with E-state index in [1.165, 1.54) is 0 Å². The van der Waals surface area contributed by atoms with Gasteiger partial charge in [0.1, 0.15) is 22.3 Å². The lowest BCUT2D eigenvalue weighted by molar-refractivity contribution is -0.137. The van der Waals surface area contributed by atoms with Crippen LogP contribution in [0.2, 0.25) is 0 Å². The third-order valence-corrected chi connectivity index (χ3v) is 5.69. The molecule has 0 N–H and O–H groups in total. The molecule has 0 bridgehead atoms. The third-order valence-electron chi connectivity index (χ3n) is 5.42. The second kappa shape index (κ2) is 10.4. The average molecular weight is 473 g/mol. The molecule has 0 spiro atoms. The van der Waals surface area contributed by atoms with Gasteiger partial charge in [-0.1, -0.05) is 60.1 Å². The van der Waals surface area contributed by atoms with Crippen molar-refractivity contribution in [3.63, 3.8) is 0 Å². The van der Waals surface area contributed by atoms with E-state index in [0.29, 0.717) is 5.75 Å². The largest absolute Gasteiger partial charge is 0.497 e. The number of hydrogen-bond acceptors (Lipinski definition) is 4. The number of benzene rings is 4. The highest BCUT2D eigenvalue weighted by Crippen LogP contribution is 2.42. The molecule has 4 nitrogen and oxygen atoms in total. The molecule has 0 aliphatic heterocycles.